The summed E-state index contributed by atoms with van der Waals surface area (Å²) in [5.41, 5.74) is 3.27. The first kappa shape index (κ1) is 18.1. The van der Waals surface area contributed by atoms with Gasteiger partial charge < -0.3 is 10.6 Å². The summed E-state index contributed by atoms with van der Waals surface area (Å²) in [6.45, 7) is 13.7. The minimum absolute atomic E-state index is 0.171. The SMILES string of the molecule is C=Cc1ncc(-c2ncc(NC(=C)N=C/C=C\C)c3c2CNC3=O)n1C=C. The molecule has 2 N–H and O–H groups in total. The van der Waals surface area contributed by atoms with Crippen molar-refractivity contribution in [2.75, 3.05) is 5.32 Å². The van der Waals surface area contributed by atoms with Gasteiger partial charge in [-0.3, -0.25) is 14.3 Å². The van der Waals surface area contributed by atoms with Gasteiger partial charge in [-0.2, -0.15) is 0 Å². The van der Waals surface area contributed by atoms with Crippen LogP contribution in [-0.2, 0) is 6.54 Å². The summed E-state index contributed by atoms with van der Waals surface area (Å²) in [4.78, 5) is 25.4. The molecule has 3 heterocycles. The Morgan fingerprint density at radius 3 is 2.89 bits per heavy atom. The predicted molar refractivity (Wildman–Crippen MR) is 109 cm³/mol. The number of hydrogen-bond donors (Lipinski definition) is 2. The second kappa shape index (κ2) is 7.65. The number of nitrogens with zero attached hydrogens (tertiary/aromatic N) is 4. The van der Waals surface area contributed by atoms with Crippen LogP contribution in [0.15, 0.2) is 55.1 Å². The Bertz CT molecular complexity index is 996. The van der Waals surface area contributed by atoms with E-state index in [1.165, 1.54) is 0 Å². The van der Waals surface area contributed by atoms with Crippen LogP contribution in [0.3, 0.4) is 0 Å². The summed E-state index contributed by atoms with van der Waals surface area (Å²) in [7, 11) is 0. The molecule has 0 bridgehead atoms. The number of imidazole rings is 1. The average Bonchev–Trinajstić information content (AvgIpc) is 3.26. The first-order valence-corrected chi connectivity index (χ1v) is 8.34. The second-order valence-corrected chi connectivity index (χ2v) is 5.69. The van der Waals surface area contributed by atoms with Crippen LogP contribution < -0.4 is 10.6 Å². The van der Waals surface area contributed by atoms with Crippen LogP contribution in [0.2, 0.25) is 0 Å². The van der Waals surface area contributed by atoms with E-state index < -0.39 is 0 Å². The Hall–Kier alpha value is -3.74. The molecule has 7 nitrogen and oxygen atoms in total. The van der Waals surface area contributed by atoms with Crippen molar-refractivity contribution >= 4 is 30.1 Å². The maximum Gasteiger partial charge on any atom is 0.254 e. The molecule has 0 saturated heterocycles. The molecule has 2 aromatic heterocycles. The molecule has 136 valence electrons. The fourth-order valence-electron chi connectivity index (χ4n) is 2.86. The zero-order valence-corrected chi connectivity index (χ0v) is 15.1. The van der Waals surface area contributed by atoms with Crippen LogP contribution in [0, 0.1) is 0 Å². The van der Waals surface area contributed by atoms with Crippen molar-refractivity contribution in [1.82, 2.24) is 19.9 Å². The molecule has 0 spiro atoms. The van der Waals surface area contributed by atoms with Crippen LogP contribution in [0.1, 0.15) is 28.7 Å². The first-order chi connectivity index (χ1) is 13.1. The van der Waals surface area contributed by atoms with Gasteiger partial charge in [0.2, 0.25) is 0 Å². The minimum atomic E-state index is -0.171. The van der Waals surface area contributed by atoms with Crippen molar-refractivity contribution < 1.29 is 4.79 Å². The van der Waals surface area contributed by atoms with Gasteiger partial charge in [-0.15, -0.1) is 0 Å². The molecule has 0 radical (unpaired) electrons. The number of carbonyl (C=O) groups is 1. The maximum atomic E-state index is 12.4. The largest absolute Gasteiger partial charge is 0.348 e. The van der Waals surface area contributed by atoms with E-state index >= 15 is 0 Å². The van der Waals surface area contributed by atoms with Crippen molar-refractivity contribution in [2.45, 2.75) is 13.5 Å². The molecule has 2 aromatic rings. The van der Waals surface area contributed by atoms with Gasteiger partial charge in [0, 0.05) is 24.5 Å². The molecule has 27 heavy (non-hydrogen) atoms. The molecule has 0 saturated carbocycles. The third-order valence-corrected chi connectivity index (χ3v) is 4.05. The summed E-state index contributed by atoms with van der Waals surface area (Å²) in [6.07, 6.45) is 11.8. The second-order valence-electron chi connectivity index (χ2n) is 5.69. The number of amides is 1. The number of anilines is 1. The van der Waals surface area contributed by atoms with E-state index in [0.717, 1.165) is 11.3 Å². The van der Waals surface area contributed by atoms with Crippen molar-refractivity contribution in [2.24, 2.45) is 4.99 Å². The fraction of sp³-hybridized carbons (Fsp3) is 0.100. The number of aromatic nitrogens is 3. The average molecular weight is 360 g/mol. The molecule has 1 aliphatic heterocycles. The quantitative estimate of drug-likeness (QED) is 0.741. The van der Waals surface area contributed by atoms with Gasteiger partial charge in [-0.1, -0.05) is 25.8 Å². The van der Waals surface area contributed by atoms with Crippen LogP contribution in [0.4, 0.5) is 5.69 Å². The summed E-state index contributed by atoms with van der Waals surface area (Å²) in [5, 5.41) is 5.89. The highest BCUT2D eigenvalue weighted by molar-refractivity contribution is 6.05. The van der Waals surface area contributed by atoms with E-state index in [2.05, 4.69) is 45.3 Å². The van der Waals surface area contributed by atoms with Crippen molar-refractivity contribution in [1.29, 1.82) is 0 Å². The lowest BCUT2D eigenvalue weighted by atomic mass is 10.1. The molecule has 0 aromatic carbocycles. The van der Waals surface area contributed by atoms with Crippen molar-refractivity contribution in [3.63, 3.8) is 0 Å². The van der Waals surface area contributed by atoms with Gasteiger partial charge in [0.25, 0.3) is 5.91 Å². The zero-order chi connectivity index (χ0) is 19.4. The summed E-state index contributed by atoms with van der Waals surface area (Å²) < 4.78 is 1.78. The number of fused-ring (bicyclic) bond motifs is 1. The standard InChI is InChI=1S/C20H20N6O/c1-5-8-9-21-13(4)25-15-11-23-19(14-10-24-20(27)18(14)15)16-12-22-17(6-2)26(16)7-3/h5-9,11-12,25H,2-4,10H2,1H3,(H,24,27)/b8-5-,21-9?. The van der Waals surface area contributed by atoms with E-state index in [4.69, 9.17) is 0 Å². The molecular formula is C20H20N6O. The number of pyridine rings is 1. The molecule has 3 rings (SSSR count). The molecule has 0 unspecified atom stereocenters. The molecule has 1 amide bonds. The minimum Gasteiger partial charge on any atom is -0.348 e. The Morgan fingerprint density at radius 1 is 1.37 bits per heavy atom. The van der Waals surface area contributed by atoms with Crippen molar-refractivity contribution in [3.8, 4) is 11.4 Å². The highest BCUT2D eigenvalue weighted by atomic mass is 16.1. The van der Waals surface area contributed by atoms with E-state index in [0.29, 0.717) is 35.1 Å². The number of allylic oxidation sites excluding steroid dienone is 2. The maximum absolute atomic E-state index is 12.4. The molecular weight excluding hydrogens is 340 g/mol. The lowest BCUT2D eigenvalue weighted by Gasteiger charge is -2.12. The number of hydrogen-bond acceptors (Lipinski definition) is 5. The highest BCUT2D eigenvalue weighted by Gasteiger charge is 2.28. The van der Waals surface area contributed by atoms with Gasteiger partial charge >= 0.3 is 0 Å². The lowest BCUT2D eigenvalue weighted by molar-refractivity contribution is 0.0966. The van der Waals surface area contributed by atoms with Crippen LogP contribution in [-0.4, -0.2) is 26.7 Å². The Morgan fingerprint density at radius 2 is 2.19 bits per heavy atom. The van der Waals surface area contributed by atoms with E-state index in [1.807, 2.05) is 13.0 Å². The monoisotopic (exact) mass is 360 g/mol. The normalized spacial score (nSPS) is 13.0. The Balaban J connectivity index is 2.05. The smallest absolute Gasteiger partial charge is 0.254 e. The topological polar surface area (TPSA) is 84.2 Å². The van der Waals surface area contributed by atoms with Gasteiger partial charge in [0.15, 0.2) is 0 Å². The van der Waals surface area contributed by atoms with E-state index in [-0.39, 0.29) is 5.91 Å². The predicted octanol–water partition coefficient (Wildman–Crippen LogP) is 3.46. The summed E-state index contributed by atoms with van der Waals surface area (Å²) >= 11 is 0. The highest BCUT2D eigenvalue weighted by Crippen LogP contribution is 2.33. The molecule has 0 fully saturated rings. The molecule has 0 atom stereocenters. The Kier molecular flexibility index (Phi) is 5.12. The molecule has 1 aliphatic rings. The fourth-order valence-corrected chi connectivity index (χ4v) is 2.86. The van der Waals surface area contributed by atoms with Gasteiger partial charge in [-0.25, -0.2) is 9.98 Å². The van der Waals surface area contributed by atoms with Crippen LogP contribution in [0.5, 0.6) is 0 Å². The summed E-state index contributed by atoms with van der Waals surface area (Å²) in [5.74, 6) is 0.895. The zero-order valence-electron chi connectivity index (χ0n) is 15.1. The first-order valence-electron chi connectivity index (χ1n) is 8.34. The van der Waals surface area contributed by atoms with Crippen LogP contribution in [0.25, 0.3) is 23.7 Å². The summed E-state index contributed by atoms with van der Waals surface area (Å²) in [6, 6.07) is 0. The van der Waals surface area contributed by atoms with Gasteiger partial charge in [-0.05, 0) is 19.1 Å². The van der Waals surface area contributed by atoms with Gasteiger partial charge in [0.05, 0.1) is 35.0 Å². The Labute approximate surface area is 157 Å². The van der Waals surface area contributed by atoms with Gasteiger partial charge in [0.1, 0.15) is 11.6 Å². The lowest BCUT2D eigenvalue weighted by Crippen LogP contribution is -2.14. The molecule has 0 aliphatic carbocycles. The van der Waals surface area contributed by atoms with Crippen molar-refractivity contribution in [3.05, 3.63) is 67.1 Å². The molecule has 7 heteroatoms. The third-order valence-electron chi connectivity index (χ3n) is 4.05. The number of nitrogens with one attached hydrogen (secondary N) is 2. The number of rotatable bonds is 7. The number of aliphatic imine (C=N–C) groups is 1. The third kappa shape index (κ3) is 3.35. The van der Waals surface area contributed by atoms with Crippen LogP contribution >= 0.6 is 0 Å². The number of carbonyl (C=O) groups excluding carboxylic acids is 1. The van der Waals surface area contributed by atoms with E-state index in [1.54, 1.807) is 41.5 Å². The van der Waals surface area contributed by atoms with E-state index in [9.17, 15) is 4.79 Å².